The van der Waals surface area contributed by atoms with Crippen LogP contribution in [0.1, 0.15) is 26.3 Å². The van der Waals surface area contributed by atoms with Gasteiger partial charge < -0.3 is 10.5 Å². The minimum Gasteiger partial charge on any atom is -0.485 e. The van der Waals surface area contributed by atoms with Gasteiger partial charge in [0.05, 0.1) is 17.4 Å². The molecule has 0 fully saturated rings. The summed E-state index contributed by atoms with van der Waals surface area (Å²) in [4.78, 5) is 16.7. The molecule has 2 N–H and O–H groups in total. The molecule has 0 amide bonds. The zero-order valence-corrected chi connectivity index (χ0v) is 16.2. The molecule has 7 heteroatoms. The summed E-state index contributed by atoms with van der Waals surface area (Å²) in [5, 5.41) is 4.19. The number of ether oxygens (including phenoxy) is 1. The van der Waals surface area contributed by atoms with Gasteiger partial charge in [0, 0.05) is 17.4 Å². The Morgan fingerprint density at radius 3 is 2.52 bits per heavy atom. The third kappa shape index (κ3) is 4.28. The number of pyridine rings is 1. The largest absolute Gasteiger partial charge is 0.485 e. The molecule has 0 aliphatic rings. The second kappa shape index (κ2) is 7.40. The van der Waals surface area contributed by atoms with Crippen LogP contribution in [0, 0.1) is 0 Å². The van der Waals surface area contributed by atoms with E-state index in [2.05, 4.69) is 10.1 Å². The molecule has 0 aliphatic heterocycles. The fraction of sp³-hybridized carbons (Fsp3) is 0.250. The summed E-state index contributed by atoms with van der Waals surface area (Å²) < 4.78 is 7.04. The number of nitrogens with zero attached hydrogens (tertiary/aromatic N) is 3. The van der Waals surface area contributed by atoms with E-state index in [0.29, 0.717) is 5.69 Å². The number of halogens is 1. The van der Waals surface area contributed by atoms with Crippen LogP contribution in [0.5, 0.6) is 5.75 Å². The SMILES string of the molecule is CC(C)(C)n1ncc(OCc2ccc(-c3cc(N)ccn3)cc2)c(Cl)c1=O. The number of hydrogen-bond donors (Lipinski definition) is 1. The van der Waals surface area contributed by atoms with Crippen molar-refractivity contribution in [1.82, 2.24) is 14.8 Å². The van der Waals surface area contributed by atoms with Crippen LogP contribution in [0.15, 0.2) is 53.6 Å². The average molecular weight is 385 g/mol. The Kier molecular flexibility index (Phi) is 5.19. The van der Waals surface area contributed by atoms with E-state index in [9.17, 15) is 4.79 Å². The molecule has 1 aromatic carbocycles. The van der Waals surface area contributed by atoms with E-state index in [1.807, 2.05) is 51.1 Å². The molecular weight excluding hydrogens is 364 g/mol. The zero-order chi connectivity index (χ0) is 19.6. The number of nitrogen functional groups attached to an aromatic ring is 1. The van der Waals surface area contributed by atoms with Crippen molar-refractivity contribution in [3.05, 3.63) is 69.7 Å². The molecule has 0 radical (unpaired) electrons. The highest BCUT2D eigenvalue weighted by Crippen LogP contribution is 2.23. The van der Waals surface area contributed by atoms with Crippen molar-refractivity contribution in [1.29, 1.82) is 0 Å². The van der Waals surface area contributed by atoms with Gasteiger partial charge in [0.1, 0.15) is 6.61 Å². The van der Waals surface area contributed by atoms with E-state index >= 15 is 0 Å². The number of anilines is 1. The molecule has 0 spiro atoms. The highest BCUT2D eigenvalue weighted by atomic mass is 35.5. The fourth-order valence-corrected chi connectivity index (χ4v) is 2.72. The van der Waals surface area contributed by atoms with Crippen LogP contribution in [-0.4, -0.2) is 14.8 Å². The summed E-state index contributed by atoms with van der Waals surface area (Å²) in [6.45, 7) is 5.92. The van der Waals surface area contributed by atoms with Gasteiger partial charge in [0.2, 0.25) is 0 Å². The summed E-state index contributed by atoms with van der Waals surface area (Å²) in [5.41, 5.74) is 8.33. The van der Waals surface area contributed by atoms with Gasteiger partial charge in [-0.15, -0.1) is 0 Å². The van der Waals surface area contributed by atoms with Crippen molar-refractivity contribution in [3.8, 4) is 17.0 Å². The van der Waals surface area contributed by atoms with Gasteiger partial charge in [-0.25, -0.2) is 4.68 Å². The molecule has 2 aromatic heterocycles. The average Bonchev–Trinajstić information content (AvgIpc) is 2.62. The highest BCUT2D eigenvalue weighted by Gasteiger charge is 2.20. The Morgan fingerprint density at radius 1 is 1.19 bits per heavy atom. The van der Waals surface area contributed by atoms with Crippen molar-refractivity contribution in [2.24, 2.45) is 0 Å². The van der Waals surface area contributed by atoms with E-state index in [4.69, 9.17) is 22.1 Å². The van der Waals surface area contributed by atoms with Gasteiger partial charge in [-0.1, -0.05) is 35.9 Å². The molecule has 3 rings (SSSR count). The molecule has 0 atom stereocenters. The fourth-order valence-electron chi connectivity index (χ4n) is 2.53. The number of hydrogen-bond acceptors (Lipinski definition) is 5. The Balaban J connectivity index is 1.74. The summed E-state index contributed by atoms with van der Waals surface area (Å²) in [7, 11) is 0. The van der Waals surface area contributed by atoms with Gasteiger partial charge >= 0.3 is 0 Å². The van der Waals surface area contributed by atoms with Crippen molar-refractivity contribution < 1.29 is 4.74 Å². The minimum absolute atomic E-state index is 0.0282. The lowest BCUT2D eigenvalue weighted by molar-refractivity contribution is 0.292. The van der Waals surface area contributed by atoms with E-state index in [0.717, 1.165) is 16.8 Å². The quantitative estimate of drug-likeness (QED) is 0.738. The number of aromatic nitrogens is 3. The van der Waals surface area contributed by atoms with Crippen LogP contribution in [-0.2, 0) is 12.1 Å². The third-order valence-electron chi connectivity index (χ3n) is 3.95. The standard InChI is InChI=1S/C20H21ClN4O2/c1-20(2,3)25-19(26)18(21)17(11-24-25)27-12-13-4-6-14(7-5-13)16-10-15(22)8-9-23-16/h4-11H,12H2,1-3H3,(H2,22,23). The summed E-state index contributed by atoms with van der Waals surface area (Å²) in [5.74, 6) is 0.267. The maximum Gasteiger partial charge on any atom is 0.289 e. The van der Waals surface area contributed by atoms with Crippen LogP contribution in [0.4, 0.5) is 5.69 Å². The maximum atomic E-state index is 12.3. The second-order valence-electron chi connectivity index (χ2n) is 7.17. The van der Waals surface area contributed by atoms with Crippen LogP contribution >= 0.6 is 11.6 Å². The number of rotatable bonds is 4. The van der Waals surface area contributed by atoms with Crippen molar-refractivity contribution >= 4 is 17.3 Å². The molecule has 3 aromatic rings. The van der Waals surface area contributed by atoms with E-state index in [1.54, 1.807) is 12.3 Å². The zero-order valence-electron chi connectivity index (χ0n) is 15.4. The van der Waals surface area contributed by atoms with Gasteiger partial charge in [0.15, 0.2) is 10.8 Å². The Morgan fingerprint density at radius 2 is 1.89 bits per heavy atom. The number of benzene rings is 1. The van der Waals surface area contributed by atoms with E-state index < -0.39 is 5.54 Å². The highest BCUT2D eigenvalue weighted by molar-refractivity contribution is 6.31. The first kappa shape index (κ1) is 18.9. The summed E-state index contributed by atoms with van der Waals surface area (Å²) in [6.07, 6.45) is 3.15. The Labute approximate surface area is 162 Å². The van der Waals surface area contributed by atoms with Crippen LogP contribution in [0.25, 0.3) is 11.3 Å². The molecule has 27 heavy (non-hydrogen) atoms. The van der Waals surface area contributed by atoms with Crippen molar-refractivity contribution in [2.45, 2.75) is 32.9 Å². The minimum atomic E-state index is -0.454. The second-order valence-corrected chi connectivity index (χ2v) is 7.55. The van der Waals surface area contributed by atoms with Crippen LogP contribution < -0.4 is 16.0 Å². The molecule has 0 bridgehead atoms. The van der Waals surface area contributed by atoms with Crippen molar-refractivity contribution in [2.75, 3.05) is 5.73 Å². The van der Waals surface area contributed by atoms with Gasteiger partial charge in [-0.3, -0.25) is 9.78 Å². The monoisotopic (exact) mass is 384 g/mol. The van der Waals surface area contributed by atoms with Crippen LogP contribution in [0.3, 0.4) is 0 Å². The van der Waals surface area contributed by atoms with E-state index in [-0.39, 0.29) is 22.9 Å². The number of nitrogens with two attached hydrogens (primary N) is 1. The lowest BCUT2D eigenvalue weighted by atomic mass is 10.1. The lowest BCUT2D eigenvalue weighted by Gasteiger charge is -2.21. The molecule has 6 nitrogen and oxygen atoms in total. The molecule has 0 saturated carbocycles. The smallest absolute Gasteiger partial charge is 0.289 e. The maximum absolute atomic E-state index is 12.3. The van der Waals surface area contributed by atoms with E-state index in [1.165, 1.54) is 10.9 Å². The molecule has 0 unspecified atom stereocenters. The first-order valence-corrected chi connectivity index (χ1v) is 8.85. The first-order valence-electron chi connectivity index (χ1n) is 8.47. The molecule has 0 saturated heterocycles. The first-order chi connectivity index (χ1) is 12.8. The topological polar surface area (TPSA) is 83.0 Å². The summed E-state index contributed by atoms with van der Waals surface area (Å²) >= 11 is 6.17. The Bertz CT molecular complexity index is 1010. The van der Waals surface area contributed by atoms with Gasteiger partial charge in [-0.2, -0.15) is 5.10 Å². The lowest BCUT2D eigenvalue weighted by Crippen LogP contribution is -2.36. The molecule has 0 aliphatic carbocycles. The molecule has 2 heterocycles. The Hall–Kier alpha value is -2.86. The van der Waals surface area contributed by atoms with Gasteiger partial charge in [-0.05, 0) is 38.5 Å². The molecule has 140 valence electrons. The predicted octanol–water partition coefficient (Wildman–Crippen LogP) is 3.87. The molecular formula is C20H21ClN4O2. The third-order valence-corrected chi connectivity index (χ3v) is 4.30. The predicted molar refractivity (Wildman–Crippen MR) is 107 cm³/mol. The normalized spacial score (nSPS) is 11.4. The van der Waals surface area contributed by atoms with Crippen LogP contribution in [0.2, 0.25) is 5.02 Å². The summed E-state index contributed by atoms with van der Waals surface area (Å²) in [6, 6.07) is 11.3. The van der Waals surface area contributed by atoms with Gasteiger partial charge in [0.25, 0.3) is 5.56 Å². The van der Waals surface area contributed by atoms with Crippen molar-refractivity contribution in [3.63, 3.8) is 0 Å².